The fourth-order valence-electron chi connectivity index (χ4n) is 1.44. The molecule has 2 rings (SSSR count). The molecule has 18 heavy (non-hydrogen) atoms. The fraction of sp³-hybridized carbons (Fsp3) is 0.333. The minimum Gasteiger partial charge on any atom is -0.469 e. The number of halogens is 1. The van der Waals surface area contributed by atoms with E-state index in [1.165, 1.54) is 11.7 Å². The molecule has 2 aromatic heterocycles. The molecule has 1 N–H and O–H groups in total. The number of furan rings is 1. The van der Waals surface area contributed by atoms with Gasteiger partial charge in [0.1, 0.15) is 5.76 Å². The van der Waals surface area contributed by atoms with Gasteiger partial charge >= 0.3 is 0 Å². The second-order valence-electron chi connectivity index (χ2n) is 3.54. The fourth-order valence-corrected chi connectivity index (χ4v) is 3.56. The summed E-state index contributed by atoms with van der Waals surface area (Å²) in [6.45, 7) is 0.244. The number of nitrogens with one attached hydrogen (secondary N) is 1. The zero-order chi connectivity index (χ0) is 13.2. The summed E-state index contributed by atoms with van der Waals surface area (Å²) in [7, 11) is -2.12. The SMILES string of the molecule is Cn1nnc(Br)c1S(=O)(=O)NCCc1ccco1. The molecule has 0 aliphatic heterocycles. The van der Waals surface area contributed by atoms with Crippen LogP contribution in [0.1, 0.15) is 5.76 Å². The lowest BCUT2D eigenvalue weighted by atomic mass is 10.3. The van der Waals surface area contributed by atoms with Crippen molar-refractivity contribution in [3.8, 4) is 0 Å². The normalized spacial score (nSPS) is 11.9. The maximum Gasteiger partial charge on any atom is 0.260 e. The van der Waals surface area contributed by atoms with Gasteiger partial charge in [0.05, 0.1) is 6.26 Å². The van der Waals surface area contributed by atoms with E-state index >= 15 is 0 Å². The first-order chi connectivity index (χ1) is 8.50. The first-order valence-electron chi connectivity index (χ1n) is 5.08. The van der Waals surface area contributed by atoms with E-state index in [0.29, 0.717) is 6.42 Å². The van der Waals surface area contributed by atoms with Crippen LogP contribution in [0.3, 0.4) is 0 Å². The summed E-state index contributed by atoms with van der Waals surface area (Å²) in [5.41, 5.74) is 0. The molecule has 0 saturated heterocycles. The summed E-state index contributed by atoms with van der Waals surface area (Å²) in [5, 5.41) is 7.26. The molecule has 0 fully saturated rings. The Morgan fingerprint density at radius 3 is 2.89 bits per heavy atom. The number of aromatic nitrogens is 3. The predicted molar refractivity (Wildman–Crippen MR) is 66.3 cm³/mol. The average Bonchev–Trinajstić information content (AvgIpc) is 2.89. The molecule has 0 spiro atoms. The van der Waals surface area contributed by atoms with Crippen LogP contribution >= 0.6 is 15.9 Å². The van der Waals surface area contributed by atoms with Crippen molar-refractivity contribution in [2.75, 3.05) is 6.54 Å². The molecule has 0 atom stereocenters. The van der Waals surface area contributed by atoms with Gasteiger partial charge in [0.25, 0.3) is 10.0 Å². The lowest BCUT2D eigenvalue weighted by molar-refractivity contribution is 0.504. The molecule has 2 heterocycles. The van der Waals surface area contributed by atoms with Gasteiger partial charge in [-0.15, -0.1) is 5.10 Å². The zero-order valence-electron chi connectivity index (χ0n) is 9.50. The molecule has 98 valence electrons. The quantitative estimate of drug-likeness (QED) is 0.868. The van der Waals surface area contributed by atoms with E-state index < -0.39 is 10.0 Å². The molecule has 0 aliphatic carbocycles. The molecule has 0 amide bonds. The monoisotopic (exact) mass is 334 g/mol. The Bertz CT molecular complexity index is 601. The van der Waals surface area contributed by atoms with Crippen LogP contribution in [0.25, 0.3) is 0 Å². The summed E-state index contributed by atoms with van der Waals surface area (Å²) in [4.78, 5) is 0. The molecule has 0 radical (unpaired) electrons. The summed E-state index contributed by atoms with van der Waals surface area (Å²) in [6, 6.07) is 3.54. The van der Waals surface area contributed by atoms with Crippen LogP contribution in [0.4, 0.5) is 0 Å². The van der Waals surface area contributed by atoms with Gasteiger partial charge in [-0.1, -0.05) is 5.21 Å². The highest BCUT2D eigenvalue weighted by molar-refractivity contribution is 9.10. The third-order valence-electron chi connectivity index (χ3n) is 2.24. The first kappa shape index (κ1) is 13.2. The molecule has 2 aromatic rings. The van der Waals surface area contributed by atoms with Crippen LogP contribution in [0.2, 0.25) is 0 Å². The minimum absolute atomic E-state index is 0.00180. The Balaban J connectivity index is 2.04. The highest BCUT2D eigenvalue weighted by Gasteiger charge is 2.23. The Hall–Kier alpha value is -1.19. The van der Waals surface area contributed by atoms with Crippen LogP contribution < -0.4 is 4.72 Å². The first-order valence-corrected chi connectivity index (χ1v) is 7.35. The van der Waals surface area contributed by atoms with Crippen molar-refractivity contribution < 1.29 is 12.8 Å². The molecule has 0 bridgehead atoms. The zero-order valence-corrected chi connectivity index (χ0v) is 11.9. The molecule has 0 unspecified atom stereocenters. The van der Waals surface area contributed by atoms with Crippen molar-refractivity contribution in [1.82, 2.24) is 19.7 Å². The van der Waals surface area contributed by atoms with Crippen LogP contribution in [-0.4, -0.2) is 30.0 Å². The van der Waals surface area contributed by atoms with Gasteiger partial charge in [0.15, 0.2) is 4.60 Å². The number of hydrogen-bond acceptors (Lipinski definition) is 5. The van der Waals surface area contributed by atoms with Gasteiger partial charge in [0, 0.05) is 20.0 Å². The van der Waals surface area contributed by atoms with E-state index in [9.17, 15) is 8.42 Å². The van der Waals surface area contributed by atoms with Gasteiger partial charge in [-0.25, -0.2) is 17.8 Å². The maximum atomic E-state index is 12.0. The second-order valence-corrected chi connectivity index (χ2v) is 5.97. The molecular formula is C9H11BrN4O3S. The van der Waals surface area contributed by atoms with Crippen LogP contribution in [-0.2, 0) is 23.5 Å². The van der Waals surface area contributed by atoms with Crippen molar-refractivity contribution in [2.45, 2.75) is 11.4 Å². The predicted octanol–water partition coefficient (Wildman–Crippen LogP) is 0.692. The summed E-state index contributed by atoms with van der Waals surface area (Å²) < 4.78 is 32.9. The number of nitrogens with zero attached hydrogens (tertiary/aromatic N) is 3. The summed E-state index contributed by atoms with van der Waals surface area (Å²) in [5.74, 6) is 0.722. The van der Waals surface area contributed by atoms with Gasteiger partial charge in [-0.3, -0.25) is 0 Å². The Labute approximate surface area is 112 Å². The van der Waals surface area contributed by atoms with Crippen LogP contribution in [0.15, 0.2) is 32.4 Å². The highest BCUT2D eigenvalue weighted by atomic mass is 79.9. The van der Waals surface area contributed by atoms with Gasteiger partial charge in [0.2, 0.25) is 5.03 Å². The molecule has 9 heteroatoms. The van der Waals surface area contributed by atoms with Gasteiger partial charge in [-0.2, -0.15) is 0 Å². The minimum atomic E-state index is -3.63. The Kier molecular flexibility index (Phi) is 3.83. The third-order valence-corrected chi connectivity index (χ3v) is 4.58. The molecule has 7 nitrogen and oxygen atoms in total. The van der Waals surface area contributed by atoms with Crippen molar-refractivity contribution in [2.24, 2.45) is 7.05 Å². The average molecular weight is 335 g/mol. The van der Waals surface area contributed by atoms with Crippen molar-refractivity contribution in [1.29, 1.82) is 0 Å². The lowest BCUT2D eigenvalue weighted by Crippen LogP contribution is -2.28. The van der Waals surface area contributed by atoms with E-state index in [0.717, 1.165) is 5.76 Å². The number of rotatable bonds is 5. The molecule has 0 aliphatic rings. The molecule has 0 saturated carbocycles. The van der Waals surface area contributed by atoms with Crippen molar-refractivity contribution in [3.63, 3.8) is 0 Å². The number of sulfonamides is 1. The van der Waals surface area contributed by atoms with Gasteiger partial charge in [-0.05, 0) is 28.1 Å². The summed E-state index contributed by atoms with van der Waals surface area (Å²) in [6.07, 6.45) is 2.03. The van der Waals surface area contributed by atoms with Crippen LogP contribution in [0.5, 0.6) is 0 Å². The third kappa shape index (κ3) is 2.79. The molecule has 0 aromatic carbocycles. The highest BCUT2D eigenvalue weighted by Crippen LogP contribution is 2.17. The molecular weight excluding hydrogens is 324 g/mol. The summed E-state index contributed by atoms with van der Waals surface area (Å²) >= 11 is 3.05. The van der Waals surface area contributed by atoms with E-state index in [1.807, 2.05) is 0 Å². The van der Waals surface area contributed by atoms with Crippen molar-refractivity contribution in [3.05, 3.63) is 28.8 Å². The Morgan fingerprint density at radius 2 is 2.33 bits per heavy atom. The van der Waals surface area contributed by atoms with E-state index in [2.05, 4.69) is 31.0 Å². The van der Waals surface area contributed by atoms with E-state index in [-0.39, 0.29) is 16.2 Å². The van der Waals surface area contributed by atoms with Crippen LogP contribution in [0, 0.1) is 0 Å². The topological polar surface area (TPSA) is 90.0 Å². The lowest BCUT2D eigenvalue weighted by Gasteiger charge is -2.05. The van der Waals surface area contributed by atoms with Crippen molar-refractivity contribution >= 4 is 26.0 Å². The number of aryl methyl sites for hydroxylation is 1. The maximum absolute atomic E-state index is 12.0. The Morgan fingerprint density at radius 1 is 1.56 bits per heavy atom. The number of hydrogen-bond donors (Lipinski definition) is 1. The largest absolute Gasteiger partial charge is 0.469 e. The second kappa shape index (κ2) is 5.21. The standard InChI is InChI=1S/C9H11BrN4O3S/c1-14-9(8(10)12-13-14)18(15,16)11-5-4-7-3-2-6-17-7/h2-3,6,11H,4-5H2,1H3. The van der Waals surface area contributed by atoms with Gasteiger partial charge < -0.3 is 4.42 Å². The smallest absolute Gasteiger partial charge is 0.260 e. The van der Waals surface area contributed by atoms with E-state index in [1.54, 1.807) is 18.4 Å². The van der Waals surface area contributed by atoms with E-state index in [4.69, 9.17) is 4.42 Å².